The summed E-state index contributed by atoms with van der Waals surface area (Å²) in [4.78, 5) is 19.5. The minimum atomic E-state index is 0.143. The number of carbonyl (C=O) groups is 1. The van der Waals surface area contributed by atoms with Gasteiger partial charge in [0.25, 0.3) is 0 Å². The second-order valence-corrected chi connectivity index (χ2v) is 7.26. The number of amides is 1. The number of nitrogens with zero attached hydrogens (tertiary/aromatic N) is 2. The molecule has 5 nitrogen and oxygen atoms in total. The van der Waals surface area contributed by atoms with Crippen molar-refractivity contribution in [3.05, 3.63) is 29.3 Å². The van der Waals surface area contributed by atoms with E-state index >= 15 is 0 Å². The molecule has 0 aliphatic carbocycles. The number of hydrogen-bond donors (Lipinski definition) is 1. The lowest BCUT2D eigenvalue weighted by atomic mass is 10.1. The molecule has 6 heteroatoms. The summed E-state index contributed by atoms with van der Waals surface area (Å²) >= 11 is 1.72. The average molecular weight is 331 g/mol. The van der Waals surface area contributed by atoms with Crippen LogP contribution in [0.5, 0.6) is 0 Å². The molecule has 0 spiro atoms. The van der Waals surface area contributed by atoms with Crippen LogP contribution in [0.3, 0.4) is 0 Å². The number of para-hydroxylation sites is 1. The minimum Gasteiger partial charge on any atom is -0.378 e. The standard InChI is InChI=1S/C17H21N3O2S/c21-16(10-12-11-22-9-7-18-12)20-8-3-5-14(20)17-19-13-4-1-2-6-15(13)23-17/h1-2,4,6,12,14,18H,3,5,7-11H2. The number of rotatable bonds is 3. The van der Waals surface area contributed by atoms with Crippen LogP contribution in [0, 0.1) is 0 Å². The molecule has 0 saturated carbocycles. The third-order valence-electron chi connectivity index (χ3n) is 4.59. The van der Waals surface area contributed by atoms with Crippen molar-refractivity contribution >= 4 is 27.5 Å². The number of benzene rings is 1. The molecule has 122 valence electrons. The van der Waals surface area contributed by atoms with Crippen molar-refractivity contribution in [2.24, 2.45) is 0 Å². The Labute approximate surface area is 139 Å². The van der Waals surface area contributed by atoms with E-state index in [-0.39, 0.29) is 18.0 Å². The number of fused-ring (bicyclic) bond motifs is 1. The molecule has 1 aromatic heterocycles. The SMILES string of the molecule is O=C(CC1COCCN1)N1CCCC1c1nc2ccccc2s1. The summed E-state index contributed by atoms with van der Waals surface area (Å²) in [7, 11) is 0. The van der Waals surface area contributed by atoms with Crippen LogP contribution in [0.4, 0.5) is 0 Å². The van der Waals surface area contributed by atoms with Crippen molar-refractivity contribution < 1.29 is 9.53 Å². The zero-order valence-electron chi connectivity index (χ0n) is 13.0. The lowest BCUT2D eigenvalue weighted by molar-refractivity contribution is -0.133. The van der Waals surface area contributed by atoms with Crippen molar-refractivity contribution in [3.8, 4) is 0 Å². The lowest BCUT2D eigenvalue weighted by Gasteiger charge is -2.28. The maximum absolute atomic E-state index is 12.7. The summed E-state index contributed by atoms with van der Waals surface area (Å²) in [6.45, 7) is 3.04. The van der Waals surface area contributed by atoms with E-state index in [2.05, 4.69) is 11.4 Å². The summed E-state index contributed by atoms with van der Waals surface area (Å²) in [6, 6.07) is 8.48. The molecule has 3 heterocycles. The molecule has 2 aliphatic rings. The first kappa shape index (κ1) is 15.1. The zero-order valence-corrected chi connectivity index (χ0v) is 13.8. The molecule has 4 rings (SSSR count). The van der Waals surface area contributed by atoms with Crippen molar-refractivity contribution in [2.45, 2.75) is 31.3 Å². The van der Waals surface area contributed by atoms with E-state index in [1.54, 1.807) is 11.3 Å². The Morgan fingerprint density at radius 1 is 1.43 bits per heavy atom. The van der Waals surface area contributed by atoms with Crippen molar-refractivity contribution in [2.75, 3.05) is 26.3 Å². The summed E-state index contributed by atoms with van der Waals surface area (Å²) < 4.78 is 6.65. The van der Waals surface area contributed by atoms with Gasteiger partial charge in [-0.05, 0) is 25.0 Å². The third-order valence-corrected chi connectivity index (χ3v) is 5.73. The van der Waals surface area contributed by atoms with Gasteiger partial charge >= 0.3 is 0 Å². The highest BCUT2D eigenvalue weighted by Gasteiger charge is 2.33. The lowest BCUT2D eigenvalue weighted by Crippen LogP contribution is -2.45. The molecular formula is C17H21N3O2S. The quantitative estimate of drug-likeness (QED) is 0.938. The topological polar surface area (TPSA) is 54.5 Å². The van der Waals surface area contributed by atoms with E-state index in [0.29, 0.717) is 13.0 Å². The van der Waals surface area contributed by atoms with E-state index in [1.165, 1.54) is 4.70 Å². The number of carbonyl (C=O) groups excluding carboxylic acids is 1. The number of hydrogen-bond acceptors (Lipinski definition) is 5. The highest BCUT2D eigenvalue weighted by atomic mass is 32.1. The number of nitrogens with one attached hydrogen (secondary N) is 1. The maximum Gasteiger partial charge on any atom is 0.224 e. The maximum atomic E-state index is 12.7. The van der Waals surface area contributed by atoms with Crippen LogP contribution in [0.15, 0.2) is 24.3 Å². The van der Waals surface area contributed by atoms with Crippen LogP contribution >= 0.6 is 11.3 Å². The molecule has 0 bridgehead atoms. The van der Waals surface area contributed by atoms with Gasteiger partial charge in [-0.3, -0.25) is 4.79 Å². The number of morpholine rings is 1. The van der Waals surface area contributed by atoms with Gasteiger partial charge in [-0.25, -0.2) is 4.98 Å². The summed E-state index contributed by atoms with van der Waals surface area (Å²) in [5.74, 6) is 0.217. The van der Waals surface area contributed by atoms with Gasteiger partial charge < -0.3 is 15.0 Å². The Bertz CT molecular complexity index is 663. The number of likely N-dealkylation sites (tertiary alicyclic amines) is 1. The number of thiazole rings is 1. The number of ether oxygens (including phenoxy) is 1. The fourth-order valence-electron chi connectivity index (χ4n) is 3.43. The van der Waals surface area contributed by atoms with Crippen LogP contribution in [-0.2, 0) is 9.53 Å². The molecule has 2 fully saturated rings. The Hall–Kier alpha value is -1.50. The first-order chi connectivity index (χ1) is 11.3. The largest absolute Gasteiger partial charge is 0.378 e. The van der Waals surface area contributed by atoms with E-state index < -0.39 is 0 Å². The van der Waals surface area contributed by atoms with Gasteiger partial charge in [-0.15, -0.1) is 11.3 Å². The van der Waals surface area contributed by atoms with Crippen LogP contribution in [0.2, 0.25) is 0 Å². The van der Waals surface area contributed by atoms with Gasteiger partial charge in [0.2, 0.25) is 5.91 Å². The van der Waals surface area contributed by atoms with Crippen molar-refractivity contribution in [3.63, 3.8) is 0 Å². The predicted molar refractivity (Wildman–Crippen MR) is 90.5 cm³/mol. The van der Waals surface area contributed by atoms with Crippen LogP contribution in [-0.4, -0.2) is 48.1 Å². The predicted octanol–water partition coefficient (Wildman–Crippen LogP) is 2.34. The molecule has 0 radical (unpaired) electrons. The van der Waals surface area contributed by atoms with Gasteiger partial charge in [0, 0.05) is 25.6 Å². The van der Waals surface area contributed by atoms with Gasteiger partial charge in [0.1, 0.15) is 5.01 Å². The highest BCUT2D eigenvalue weighted by molar-refractivity contribution is 7.18. The van der Waals surface area contributed by atoms with Gasteiger partial charge in [0.15, 0.2) is 0 Å². The number of aromatic nitrogens is 1. The fraction of sp³-hybridized carbons (Fsp3) is 0.529. The molecule has 1 N–H and O–H groups in total. The third kappa shape index (κ3) is 3.11. The Balaban J connectivity index is 1.50. The summed E-state index contributed by atoms with van der Waals surface area (Å²) in [6.07, 6.45) is 2.59. The Morgan fingerprint density at radius 3 is 3.17 bits per heavy atom. The van der Waals surface area contributed by atoms with Gasteiger partial charge in [-0.2, -0.15) is 0 Å². The molecule has 1 aromatic carbocycles. The van der Waals surface area contributed by atoms with E-state index in [1.807, 2.05) is 23.1 Å². The van der Waals surface area contributed by atoms with Crippen LogP contribution < -0.4 is 5.32 Å². The van der Waals surface area contributed by atoms with Gasteiger partial charge in [0.05, 0.1) is 29.5 Å². The smallest absolute Gasteiger partial charge is 0.224 e. The second kappa shape index (κ2) is 6.55. The molecule has 2 saturated heterocycles. The fourth-order valence-corrected chi connectivity index (χ4v) is 4.55. The van der Waals surface area contributed by atoms with Crippen LogP contribution in [0.1, 0.15) is 30.3 Å². The highest BCUT2D eigenvalue weighted by Crippen LogP contribution is 2.36. The molecule has 2 aliphatic heterocycles. The Kier molecular flexibility index (Phi) is 4.29. The monoisotopic (exact) mass is 331 g/mol. The molecule has 1 amide bonds. The molecule has 2 atom stereocenters. The summed E-state index contributed by atoms with van der Waals surface area (Å²) in [5, 5.41) is 4.44. The second-order valence-electron chi connectivity index (χ2n) is 6.20. The van der Waals surface area contributed by atoms with Crippen LogP contribution in [0.25, 0.3) is 10.2 Å². The first-order valence-electron chi connectivity index (χ1n) is 8.27. The molecular weight excluding hydrogens is 310 g/mol. The summed E-state index contributed by atoms with van der Waals surface area (Å²) in [5.41, 5.74) is 1.04. The minimum absolute atomic E-state index is 0.143. The normalized spacial score (nSPS) is 25.1. The first-order valence-corrected chi connectivity index (χ1v) is 9.09. The van der Waals surface area contributed by atoms with E-state index in [4.69, 9.17) is 9.72 Å². The molecule has 2 unspecified atom stereocenters. The van der Waals surface area contributed by atoms with E-state index in [9.17, 15) is 4.79 Å². The van der Waals surface area contributed by atoms with Crippen molar-refractivity contribution in [1.29, 1.82) is 0 Å². The molecule has 2 aromatic rings. The average Bonchev–Trinajstić information content (AvgIpc) is 3.22. The Morgan fingerprint density at radius 2 is 2.35 bits per heavy atom. The molecule has 23 heavy (non-hydrogen) atoms. The van der Waals surface area contributed by atoms with E-state index in [0.717, 1.165) is 43.1 Å². The van der Waals surface area contributed by atoms with Crippen molar-refractivity contribution in [1.82, 2.24) is 15.2 Å². The zero-order chi connectivity index (χ0) is 15.6. The van der Waals surface area contributed by atoms with Gasteiger partial charge in [-0.1, -0.05) is 12.1 Å².